The van der Waals surface area contributed by atoms with Crippen LogP contribution in [0.5, 0.6) is 5.75 Å². The fourth-order valence-electron chi connectivity index (χ4n) is 7.23. The first-order chi connectivity index (χ1) is 17.7. The Labute approximate surface area is 217 Å². The Hall–Kier alpha value is -2.28. The van der Waals surface area contributed by atoms with Gasteiger partial charge in [0.15, 0.2) is 0 Å². The summed E-state index contributed by atoms with van der Waals surface area (Å²) in [7, 11) is 0. The number of rotatable bonds is 6. The second-order valence-electron chi connectivity index (χ2n) is 11.5. The number of carboxylic acids is 1. The summed E-state index contributed by atoms with van der Waals surface area (Å²) >= 11 is 0. The van der Waals surface area contributed by atoms with Crippen LogP contribution in [-0.2, 0) is 11.0 Å². The summed E-state index contributed by atoms with van der Waals surface area (Å²) < 4.78 is 49.5. The first-order valence-electron chi connectivity index (χ1n) is 14.0. The second-order valence-corrected chi connectivity index (χ2v) is 11.5. The highest BCUT2D eigenvalue weighted by Crippen LogP contribution is 2.45. The molecule has 1 aliphatic carbocycles. The third-order valence-corrected chi connectivity index (χ3v) is 9.27. The summed E-state index contributed by atoms with van der Waals surface area (Å²) in [6.07, 6.45) is 4.12. The Kier molecular flexibility index (Phi) is 7.45. The van der Waals surface area contributed by atoms with E-state index in [1.165, 1.54) is 6.07 Å². The standard InChI is InChI=1S/C30H38F3NO3/c1-3-19-7-12-25(13-8-19)37-27-14-11-20-9-10-21(17-26(20)28(27)30(31,32)33)18(2)34-23-5-4-6-24(34)16-22(15-23)29(35)36/h9-11,14,17-19,22-25H,3-8,12-13,15-16H2,1-2H3,(H,35,36)/t18?,19-,22?,23?,24?,25+. The lowest BCUT2D eigenvalue weighted by Gasteiger charge is -2.51. The zero-order valence-corrected chi connectivity index (χ0v) is 21.8. The third kappa shape index (κ3) is 5.34. The van der Waals surface area contributed by atoms with Gasteiger partial charge in [0.05, 0.1) is 12.0 Å². The van der Waals surface area contributed by atoms with Gasteiger partial charge in [0.1, 0.15) is 11.3 Å². The van der Waals surface area contributed by atoms with Gasteiger partial charge in [-0.3, -0.25) is 9.69 Å². The largest absolute Gasteiger partial charge is 0.490 e. The van der Waals surface area contributed by atoms with Crippen molar-refractivity contribution in [3.05, 3.63) is 41.5 Å². The predicted octanol–water partition coefficient (Wildman–Crippen LogP) is 7.98. The highest BCUT2D eigenvalue weighted by Gasteiger charge is 2.43. The lowest BCUT2D eigenvalue weighted by molar-refractivity contribution is -0.147. The minimum Gasteiger partial charge on any atom is -0.490 e. The molecule has 1 N–H and O–H groups in total. The molecule has 3 unspecified atom stereocenters. The van der Waals surface area contributed by atoms with Gasteiger partial charge in [0.2, 0.25) is 0 Å². The first-order valence-corrected chi connectivity index (χ1v) is 14.0. The van der Waals surface area contributed by atoms with Crippen molar-refractivity contribution in [1.29, 1.82) is 0 Å². The number of fused-ring (bicyclic) bond motifs is 3. The van der Waals surface area contributed by atoms with Gasteiger partial charge in [-0.15, -0.1) is 0 Å². The van der Waals surface area contributed by atoms with Crippen LogP contribution >= 0.6 is 0 Å². The molecule has 4 nitrogen and oxygen atoms in total. The number of benzene rings is 2. The highest BCUT2D eigenvalue weighted by atomic mass is 19.4. The van der Waals surface area contributed by atoms with Crippen LogP contribution in [0, 0.1) is 11.8 Å². The van der Waals surface area contributed by atoms with Crippen molar-refractivity contribution >= 4 is 16.7 Å². The molecule has 0 amide bonds. The zero-order chi connectivity index (χ0) is 26.3. The van der Waals surface area contributed by atoms with Gasteiger partial charge in [-0.1, -0.05) is 38.0 Å². The van der Waals surface area contributed by atoms with Crippen LogP contribution in [0.1, 0.15) is 95.2 Å². The number of piperidine rings is 2. The van der Waals surface area contributed by atoms with E-state index in [-0.39, 0.29) is 41.3 Å². The lowest BCUT2D eigenvalue weighted by atomic mass is 9.77. The summed E-state index contributed by atoms with van der Waals surface area (Å²) in [6.45, 7) is 4.21. The van der Waals surface area contributed by atoms with E-state index in [1.54, 1.807) is 18.2 Å². The molecule has 3 aliphatic rings. The van der Waals surface area contributed by atoms with Gasteiger partial charge in [-0.25, -0.2) is 0 Å². The van der Waals surface area contributed by atoms with E-state index in [4.69, 9.17) is 4.74 Å². The molecule has 7 heteroatoms. The van der Waals surface area contributed by atoms with E-state index in [9.17, 15) is 23.1 Å². The minimum absolute atomic E-state index is 0.0658. The van der Waals surface area contributed by atoms with Crippen molar-refractivity contribution in [3.63, 3.8) is 0 Å². The van der Waals surface area contributed by atoms with Crippen molar-refractivity contribution in [2.75, 3.05) is 0 Å². The summed E-state index contributed by atoms with van der Waals surface area (Å²) in [5.41, 5.74) is 0.158. The van der Waals surface area contributed by atoms with E-state index in [2.05, 4.69) is 11.8 Å². The van der Waals surface area contributed by atoms with Gasteiger partial charge in [0, 0.05) is 18.1 Å². The second kappa shape index (κ2) is 10.5. The Bertz CT molecular complexity index is 1110. The molecule has 5 rings (SSSR count). The number of hydrogen-bond acceptors (Lipinski definition) is 3. The summed E-state index contributed by atoms with van der Waals surface area (Å²) in [4.78, 5) is 14.1. The molecule has 2 bridgehead atoms. The average Bonchev–Trinajstić information content (AvgIpc) is 2.86. The summed E-state index contributed by atoms with van der Waals surface area (Å²) in [6, 6.07) is 8.83. The van der Waals surface area contributed by atoms with Crippen LogP contribution in [0.2, 0.25) is 0 Å². The molecule has 2 heterocycles. The van der Waals surface area contributed by atoms with Crippen LogP contribution in [-0.4, -0.2) is 34.2 Å². The van der Waals surface area contributed by atoms with Crippen LogP contribution in [0.25, 0.3) is 10.8 Å². The van der Waals surface area contributed by atoms with Crippen molar-refractivity contribution < 1.29 is 27.8 Å². The maximum absolute atomic E-state index is 14.5. The number of aliphatic carboxylic acids is 1. The van der Waals surface area contributed by atoms with Crippen LogP contribution in [0.15, 0.2) is 30.3 Å². The fraction of sp³-hybridized carbons (Fsp3) is 0.633. The van der Waals surface area contributed by atoms with E-state index in [0.29, 0.717) is 24.1 Å². The van der Waals surface area contributed by atoms with Gasteiger partial charge in [0.25, 0.3) is 0 Å². The molecule has 0 aromatic heterocycles. The quantitative estimate of drug-likeness (QED) is 0.422. The molecule has 2 saturated heterocycles. The van der Waals surface area contributed by atoms with E-state index >= 15 is 0 Å². The van der Waals surface area contributed by atoms with Crippen LogP contribution in [0.3, 0.4) is 0 Å². The molecule has 202 valence electrons. The predicted molar refractivity (Wildman–Crippen MR) is 138 cm³/mol. The molecule has 3 fully saturated rings. The molecular weight excluding hydrogens is 479 g/mol. The van der Waals surface area contributed by atoms with Gasteiger partial charge >= 0.3 is 12.1 Å². The Balaban J connectivity index is 1.46. The molecule has 2 aromatic rings. The highest BCUT2D eigenvalue weighted by molar-refractivity contribution is 5.89. The van der Waals surface area contributed by atoms with E-state index < -0.39 is 17.7 Å². The van der Waals surface area contributed by atoms with Crippen LogP contribution in [0.4, 0.5) is 13.2 Å². The Morgan fingerprint density at radius 1 is 1.05 bits per heavy atom. The van der Waals surface area contributed by atoms with Gasteiger partial charge in [-0.05, 0) is 92.7 Å². The number of carbonyl (C=O) groups is 1. The number of ether oxygens (including phenoxy) is 1. The monoisotopic (exact) mass is 517 g/mol. The van der Waals surface area contributed by atoms with E-state index in [0.717, 1.165) is 56.9 Å². The number of alkyl halides is 3. The summed E-state index contributed by atoms with van der Waals surface area (Å²) in [5.74, 6) is -0.494. The molecule has 3 atom stereocenters. The molecule has 0 radical (unpaired) electrons. The normalized spacial score (nSPS) is 29.7. The molecule has 0 spiro atoms. The molecule has 37 heavy (non-hydrogen) atoms. The van der Waals surface area contributed by atoms with Gasteiger partial charge in [-0.2, -0.15) is 13.2 Å². The van der Waals surface area contributed by atoms with Crippen LogP contribution < -0.4 is 4.74 Å². The van der Waals surface area contributed by atoms with E-state index in [1.807, 2.05) is 13.0 Å². The van der Waals surface area contributed by atoms with Crippen molar-refractivity contribution in [2.45, 2.75) is 108 Å². The van der Waals surface area contributed by atoms with Crippen molar-refractivity contribution in [1.82, 2.24) is 4.90 Å². The first kappa shape index (κ1) is 26.3. The molecule has 2 aromatic carbocycles. The smallest absolute Gasteiger partial charge is 0.420 e. The topological polar surface area (TPSA) is 49.8 Å². The maximum Gasteiger partial charge on any atom is 0.420 e. The average molecular weight is 518 g/mol. The molecule has 1 saturated carbocycles. The lowest BCUT2D eigenvalue weighted by Crippen LogP contribution is -2.53. The third-order valence-electron chi connectivity index (χ3n) is 9.27. The van der Waals surface area contributed by atoms with Crippen molar-refractivity contribution in [3.8, 4) is 5.75 Å². The fourth-order valence-corrected chi connectivity index (χ4v) is 7.23. The minimum atomic E-state index is -4.53. The number of halogens is 3. The number of carboxylic acid groups (broad SMARTS) is 1. The Morgan fingerprint density at radius 3 is 2.30 bits per heavy atom. The zero-order valence-electron chi connectivity index (χ0n) is 21.8. The summed E-state index contributed by atoms with van der Waals surface area (Å²) in [5, 5.41) is 10.3. The SMILES string of the molecule is CC[C@H]1CC[C@@H](Oc2ccc3ccc(C(C)N4C5CCCC4CC(C(=O)O)C5)cc3c2C(F)(F)F)CC1. The maximum atomic E-state index is 14.5. The molecule has 2 aliphatic heterocycles. The number of hydrogen-bond donors (Lipinski definition) is 1. The Morgan fingerprint density at radius 2 is 1.70 bits per heavy atom. The van der Waals surface area contributed by atoms with Crippen molar-refractivity contribution in [2.24, 2.45) is 11.8 Å². The van der Waals surface area contributed by atoms with Gasteiger partial charge < -0.3 is 9.84 Å². The number of nitrogens with zero attached hydrogens (tertiary/aromatic N) is 1. The molecular formula is C30H38F3NO3.